The van der Waals surface area contributed by atoms with Crippen molar-refractivity contribution in [2.75, 3.05) is 25.6 Å². The van der Waals surface area contributed by atoms with Gasteiger partial charge in [-0.25, -0.2) is 0 Å². The topological polar surface area (TPSA) is 82.9 Å². The number of ether oxygens (including phenoxy) is 3. The summed E-state index contributed by atoms with van der Waals surface area (Å²) in [4.78, 5) is 10.4. The predicted octanol–water partition coefficient (Wildman–Crippen LogP) is 2.45. The maximum Gasteiger partial charge on any atom is 0.327 e. The molecule has 1 saturated carbocycles. The molecule has 1 aliphatic carbocycles. The van der Waals surface area contributed by atoms with Crippen molar-refractivity contribution in [2.24, 2.45) is 0 Å². The first-order valence-electron chi connectivity index (χ1n) is 7.09. The van der Waals surface area contributed by atoms with E-state index in [1.54, 1.807) is 0 Å². The number of nitrogens with zero attached hydrogens (tertiary/aromatic N) is 1. The zero-order valence-corrected chi connectivity index (χ0v) is 12.1. The van der Waals surface area contributed by atoms with Gasteiger partial charge in [0.25, 0.3) is 0 Å². The molecule has 22 heavy (non-hydrogen) atoms. The minimum atomic E-state index is -0.923. The van der Waals surface area contributed by atoms with Gasteiger partial charge in [0.05, 0.1) is 25.2 Å². The summed E-state index contributed by atoms with van der Waals surface area (Å²) in [6.45, 7) is 1.11. The van der Waals surface area contributed by atoms with E-state index in [9.17, 15) is 14.5 Å². The number of hydrogen-bond acceptors (Lipinski definition) is 6. The largest absolute Gasteiger partial charge is 0.497 e. The lowest BCUT2D eigenvalue weighted by Gasteiger charge is -2.22. The fraction of sp³-hybridized carbons (Fsp3) is 0.571. The van der Waals surface area contributed by atoms with E-state index in [0.29, 0.717) is 26.1 Å². The molecule has 2 aliphatic rings. The lowest BCUT2D eigenvalue weighted by atomic mass is 10.2. The Bertz CT molecular complexity index is 589. The molecule has 8 heteroatoms. The maximum atomic E-state index is 13.9. The number of nitro benzene ring substituents is 1. The molecule has 1 spiro atoms. The minimum Gasteiger partial charge on any atom is -0.497 e. The van der Waals surface area contributed by atoms with Crippen LogP contribution in [0.3, 0.4) is 0 Å². The van der Waals surface area contributed by atoms with Gasteiger partial charge in [0.2, 0.25) is 5.82 Å². The number of halogens is 1. The second-order valence-electron chi connectivity index (χ2n) is 5.45. The number of nitrogens with one attached hydrogen (secondary N) is 1. The molecule has 1 atom stereocenters. The van der Waals surface area contributed by atoms with Gasteiger partial charge in [0.15, 0.2) is 5.79 Å². The molecule has 3 rings (SSSR count). The fourth-order valence-corrected chi connectivity index (χ4v) is 3.06. The van der Waals surface area contributed by atoms with Gasteiger partial charge in [-0.15, -0.1) is 0 Å². The molecule has 120 valence electrons. The highest BCUT2D eigenvalue weighted by Crippen LogP contribution is 2.40. The molecule has 1 heterocycles. The van der Waals surface area contributed by atoms with Crippen LogP contribution in [0.1, 0.15) is 19.3 Å². The van der Waals surface area contributed by atoms with Crippen LogP contribution in [0.5, 0.6) is 5.75 Å². The molecule has 1 aromatic rings. The third-order valence-corrected chi connectivity index (χ3v) is 4.06. The molecule has 7 nitrogen and oxygen atoms in total. The molecule has 0 aromatic heterocycles. The number of nitro groups is 1. The second-order valence-corrected chi connectivity index (χ2v) is 5.45. The quantitative estimate of drug-likeness (QED) is 0.679. The van der Waals surface area contributed by atoms with Gasteiger partial charge < -0.3 is 19.5 Å². The van der Waals surface area contributed by atoms with Gasteiger partial charge in [-0.2, -0.15) is 4.39 Å². The van der Waals surface area contributed by atoms with Crippen molar-refractivity contribution in [2.45, 2.75) is 31.1 Å². The summed E-state index contributed by atoms with van der Waals surface area (Å²) in [5.74, 6) is -1.29. The normalized spacial score (nSPS) is 22.9. The van der Waals surface area contributed by atoms with Gasteiger partial charge in [-0.3, -0.25) is 10.1 Å². The maximum absolute atomic E-state index is 13.9. The van der Waals surface area contributed by atoms with Crippen LogP contribution < -0.4 is 10.1 Å². The predicted molar refractivity (Wildman–Crippen MR) is 75.5 cm³/mol. The van der Waals surface area contributed by atoms with Crippen molar-refractivity contribution in [3.05, 3.63) is 28.1 Å². The van der Waals surface area contributed by atoms with Crippen molar-refractivity contribution in [1.82, 2.24) is 0 Å². The molecule has 1 aromatic carbocycles. The number of benzene rings is 1. The van der Waals surface area contributed by atoms with E-state index in [4.69, 9.17) is 14.2 Å². The van der Waals surface area contributed by atoms with Gasteiger partial charge in [0, 0.05) is 31.0 Å². The smallest absolute Gasteiger partial charge is 0.327 e. The average Bonchev–Trinajstić information content (AvgIpc) is 3.08. The Kier molecular flexibility index (Phi) is 3.88. The third kappa shape index (κ3) is 2.71. The number of rotatable bonds is 4. The van der Waals surface area contributed by atoms with Gasteiger partial charge in [-0.05, 0) is 6.42 Å². The van der Waals surface area contributed by atoms with E-state index in [1.165, 1.54) is 13.2 Å². The molecule has 0 amide bonds. The summed E-state index contributed by atoms with van der Waals surface area (Å²) in [5.41, 5.74) is -0.461. The summed E-state index contributed by atoms with van der Waals surface area (Å²) in [6, 6.07) is 2.36. The Morgan fingerprint density at radius 2 is 2.18 bits per heavy atom. The van der Waals surface area contributed by atoms with Crippen LogP contribution in [-0.2, 0) is 9.47 Å². The van der Waals surface area contributed by atoms with Gasteiger partial charge in [-0.1, -0.05) is 0 Å². The molecular formula is C14H17FN2O5. The van der Waals surface area contributed by atoms with Crippen molar-refractivity contribution in [3.63, 3.8) is 0 Å². The van der Waals surface area contributed by atoms with E-state index in [1.807, 2.05) is 0 Å². The first-order chi connectivity index (χ1) is 10.5. The second kappa shape index (κ2) is 5.69. The third-order valence-electron chi connectivity index (χ3n) is 4.06. The first kappa shape index (κ1) is 15.0. The Balaban J connectivity index is 1.82. The van der Waals surface area contributed by atoms with E-state index in [-0.39, 0.29) is 17.5 Å². The standard InChI is InChI=1S/C14H17FN2O5/c1-20-10-6-11(15)13(17(18)19)12(7-10)16-9-2-3-14(8-9)21-4-5-22-14/h6-7,9,16H,2-5,8H2,1H3/t9-/m0/s1. The highest BCUT2D eigenvalue weighted by molar-refractivity contribution is 5.65. The molecule has 1 saturated heterocycles. The molecule has 0 unspecified atom stereocenters. The van der Waals surface area contributed by atoms with Crippen molar-refractivity contribution in [3.8, 4) is 5.75 Å². The van der Waals surface area contributed by atoms with Crippen LogP contribution >= 0.6 is 0 Å². The van der Waals surface area contributed by atoms with Crippen molar-refractivity contribution >= 4 is 11.4 Å². The molecule has 2 fully saturated rings. The number of methoxy groups -OCH3 is 1. The number of hydrogen-bond donors (Lipinski definition) is 1. The van der Waals surface area contributed by atoms with Crippen LogP contribution in [-0.4, -0.2) is 37.1 Å². The summed E-state index contributed by atoms with van der Waals surface area (Å²) in [5, 5.41) is 14.1. The Morgan fingerprint density at radius 3 is 2.82 bits per heavy atom. The Labute approximate surface area is 126 Å². The highest BCUT2D eigenvalue weighted by atomic mass is 19.1. The van der Waals surface area contributed by atoms with Gasteiger partial charge >= 0.3 is 5.69 Å². The first-order valence-corrected chi connectivity index (χ1v) is 7.09. The van der Waals surface area contributed by atoms with E-state index in [0.717, 1.165) is 12.5 Å². The summed E-state index contributed by atoms with van der Waals surface area (Å²) in [7, 11) is 1.38. The van der Waals surface area contributed by atoms with E-state index >= 15 is 0 Å². The monoisotopic (exact) mass is 312 g/mol. The summed E-state index contributed by atoms with van der Waals surface area (Å²) < 4.78 is 30.1. The van der Waals surface area contributed by atoms with Crippen LogP contribution in [0.15, 0.2) is 12.1 Å². The van der Waals surface area contributed by atoms with E-state index in [2.05, 4.69) is 5.32 Å². The summed E-state index contributed by atoms with van der Waals surface area (Å²) in [6.07, 6.45) is 2.02. The Morgan fingerprint density at radius 1 is 1.45 bits per heavy atom. The van der Waals surface area contributed by atoms with E-state index < -0.39 is 22.2 Å². The van der Waals surface area contributed by atoms with Crippen LogP contribution in [0.2, 0.25) is 0 Å². The lowest BCUT2D eigenvalue weighted by Crippen LogP contribution is -2.28. The summed E-state index contributed by atoms with van der Waals surface area (Å²) >= 11 is 0. The zero-order valence-electron chi connectivity index (χ0n) is 12.1. The van der Waals surface area contributed by atoms with Crippen LogP contribution in [0, 0.1) is 15.9 Å². The molecule has 1 aliphatic heterocycles. The van der Waals surface area contributed by atoms with Crippen LogP contribution in [0.4, 0.5) is 15.8 Å². The SMILES string of the molecule is COc1cc(F)c([N+](=O)[O-])c(N[C@H]2CCC3(C2)OCCO3)c1. The average molecular weight is 312 g/mol. The molecule has 0 radical (unpaired) electrons. The Hall–Kier alpha value is -1.93. The highest BCUT2D eigenvalue weighted by Gasteiger charge is 2.44. The van der Waals surface area contributed by atoms with Crippen molar-refractivity contribution in [1.29, 1.82) is 0 Å². The fourth-order valence-electron chi connectivity index (χ4n) is 3.06. The van der Waals surface area contributed by atoms with Gasteiger partial charge in [0.1, 0.15) is 11.4 Å². The van der Waals surface area contributed by atoms with Crippen molar-refractivity contribution < 1.29 is 23.5 Å². The zero-order chi connectivity index (χ0) is 15.7. The molecular weight excluding hydrogens is 295 g/mol. The lowest BCUT2D eigenvalue weighted by molar-refractivity contribution is -0.386. The van der Waals surface area contributed by atoms with Crippen LogP contribution in [0.25, 0.3) is 0 Å². The molecule has 1 N–H and O–H groups in total. The number of anilines is 1. The minimum absolute atomic E-state index is 0.0803. The molecule has 0 bridgehead atoms.